The van der Waals surface area contributed by atoms with Crippen molar-refractivity contribution in [3.63, 3.8) is 0 Å². The third-order valence-electron chi connectivity index (χ3n) is 5.05. The summed E-state index contributed by atoms with van der Waals surface area (Å²) in [5, 5.41) is 31.6. The van der Waals surface area contributed by atoms with Gasteiger partial charge in [-0.25, -0.2) is 0 Å². The molecule has 0 aliphatic carbocycles. The van der Waals surface area contributed by atoms with Gasteiger partial charge >= 0.3 is 0 Å². The van der Waals surface area contributed by atoms with Gasteiger partial charge in [0.15, 0.2) is 17.2 Å². The zero-order valence-corrected chi connectivity index (χ0v) is 16.7. The number of ether oxygens (including phenoxy) is 2. The number of nitrogens with zero attached hydrogens (tertiary/aromatic N) is 1. The molecule has 0 atom stereocenters. The van der Waals surface area contributed by atoms with E-state index in [0.717, 1.165) is 12.1 Å². The Balaban J connectivity index is 1.61. The van der Waals surface area contributed by atoms with Gasteiger partial charge in [0.25, 0.3) is 11.8 Å². The Hall–Kier alpha value is -3.62. The van der Waals surface area contributed by atoms with Gasteiger partial charge in [0.2, 0.25) is 0 Å². The van der Waals surface area contributed by atoms with Crippen molar-refractivity contribution in [1.82, 2.24) is 10.2 Å². The molecule has 1 saturated heterocycles. The second-order valence-corrected chi connectivity index (χ2v) is 7.00. The van der Waals surface area contributed by atoms with Gasteiger partial charge < -0.3 is 35.0 Å². The minimum Gasteiger partial charge on any atom is -0.504 e. The summed E-state index contributed by atoms with van der Waals surface area (Å²) in [4.78, 5) is 26.8. The number of carbonyl (C=O) groups is 2. The topological polar surface area (TPSA) is 129 Å². The molecule has 2 amide bonds. The lowest BCUT2D eigenvalue weighted by Crippen LogP contribution is -2.46. The van der Waals surface area contributed by atoms with E-state index < -0.39 is 17.2 Å². The highest BCUT2D eigenvalue weighted by atomic mass is 16.5. The summed E-state index contributed by atoms with van der Waals surface area (Å²) in [5.41, 5.74) is 0.494. The number of phenols is 3. The second-order valence-electron chi connectivity index (χ2n) is 7.00. The number of hydrogen-bond donors (Lipinski definition) is 4. The van der Waals surface area contributed by atoms with Crippen LogP contribution in [0, 0.1) is 0 Å². The fraction of sp³-hybridized carbons (Fsp3) is 0.333. The highest BCUT2D eigenvalue weighted by molar-refractivity contribution is 5.96. The zero-order chi connectivity index (χ0) is 21.8. The summed E-state index contributed by atoms with van der Waals surface area (Å²) in [6.07, 6.45) is 1.10. The first-order valence-corrected chi connectivity index (χ1v) is 9.40. The molecule has 1 aliphatic heterocycles. The standard InChI is InChI=1S/C21H24N2O7/c1-29-15-7-12(8-16(11-15)30-2)20(27)22-14-3-5-23(6-4-14)21(28)13-9-17(24)19(26)18(25)10-13/h7-11,14,24-26H,3-6H2,1-2H3,(H,22,27). The van der Waals surface area contributed by atoms with Crippen LogP contribution in [-0.4, -0.2) is 65.4 Å². The fourth-order valence-electron chi connectivity index (χ4n) is 3.34. The number of nitrogens with one attached hydrogen (secondary N) is 1. The molecular weight excluding hydrogens is 392 g/mol. The zero-order valence-electron chi connectivity index (χ0n) is 16.7. The number of hydrogen-bond acceptors (Lipinski definition) is 7. The van der Waals surface area contributed by atoms with Crippen LogP contribution in [0.3, 0.4) is 0 Å². The number of benzene rings is 2. The van der Waals surface area contributed by atoms with Crippen LogP contribution in [0.25, 0.3) is 0 Å². The summed E-state index contributed by atoms with van der Waals surface area (Å²) in [6, 6.07) is 7.05. The maximum Gasteiger partial charge on any atom is 0.254 e. The molecule has 2 aromatic rings. The average Bonchev–Trinajstić information content (AvgIpc) is 2.76. The molecule has 0 bridgehead atoms. The maximum absolute atomic E-state index is 12.6. The highest BCUT2D eigenvalue weighted by Crippen LogP contribution is 2.35. The van der Waals surface area contributed by atoms with E-state index in [4.69, 9.17) is 9.47 Å². The SMILES string of the molecule is COc1cc(OC)cc(C(=O)NC2CCN(C(=O)c3cc(O)c(O)c(O)c3)CC2)c1. The van der Waals surface area contributed by atoms with E-state index in [2.05, 4.69) is 5.32 Å². The van der Waals surface area contributed by atoms with Gasteiger partial charge in [-0.1, -0.05) is 0 Å². The lowest BCUT2D eigenvalue weighted by Gasteiger charge is -2.32. The molecule has 0 radical (unpaired) electrons. The van der Waals surface area contributed by atoms with E-state index in [1.807, 2.05) is 0 Å². The third-order valence-corrected chi connectivity index (χ3v) is 5.05. The van der Waals surface area contributed by atoms with Gasteiger partial charge in [0.05, 0.1) is 14.2 Å². The number of phenolic OH excluding ortho intramolecular Hbond substituents is 3. The van der Waals surface area contributed by atoms with Gasteiger partial charge in [-0.2, -0.15) is 0 Å². The van der Waals surface area contributed by atoms with Crippen molar-refractivity contribution in [2.24, 2.45) is 0 Å². The van der Waals surface area contributed by atoms with Gasteiger partial charge in [-0.15, -0.1) is 0 Å². The summed E-state index contributed by atoms with van der Waals surface area (Å²) < 4.78 is 10.4. The molecule has 3 rings (SSSR count). The summed E-state index contributed by atoms with van der Waals surface area (Å²) >= 11 is 0. The number of rotatable bonds is 5. The molecule has 9 nitrogen and oxygen atoms in total. The molecule has 160 valence electrons. The van der Waals surface area contributed by atoms with E-state index in [0.29, 0.717) is 43.0 Å². The predicted octanol–water partition coefficient (Wildman–Crippen LogP) is 1.86. The Morgan fingerprint density at radius 1 is 0.900 bits per heavy atom. The minimum absolute atomic E-state index is 0.0776. The van der Waals surface area contributed by atoms with Gasteiger partial charge in [0, 0.05) is 36.3 Å². The molecule has 1 aliphatic rings. The lowest BCUT2D eigenvalue weighted by atomic mass is 10.0. The number of aromatic hydroxyl groups is 3. The normalized spacial score (nSPS) is 14.3. The first-order chi connectivity index (χ1) is 14.3. The van der Waals surface area contributed by atoms with E-state index >= 15 is 0 Å². The van der Waals surface area contributed by atoms with Gasteiger partial charge in [-0.3, -0.25) is 9.59 Å². The van der Waals surface area contributed by atoms with E-state index in [-0.39, 0.29) is 23.4 Å². The van der Waals surface area contributed by atoms with Crippen molar-refractivity contribution >= 4 is 11.8 Å². The first kappa shape index (κ1) is 21.1. The summed E-state index contributed by atoms with van der Waals surface area (Å²) in [5.74, 6) is -1.39. The lowest BCUT2D eigenvalue weighted by molar-refractivity contribution is 0.0697. The van der Waals surface area contributed by atoms with Crippen LogP contribution in [0.2, 0.25) is 0 Å². The van der Waals surface area contributed by atoms with E-state index in [1.54, 1.807) is 23.1 Å². The number of methoxy groups -OCH3 is 2. The van der Waals surface area contributed by atoms with Crippen LogP contribution in [0.5, 0.6) is 28.7 Å². The van der Waals surface area contributed by atoms with Gasteiger partial charge in [0.1, 0.15) is 11.5 Å². The fourth-order valence-corrected chi connectivity index (χ4v) is 3.34. The molecule has 30 heavy (non-hydrogen) atoms. The quantitative estimate of drug-likeness (QED) is 0.548. The molecule has 4 N–H and O–H groups in total. The van der Waals surface area contributed by atoms with E-state index in [9.17, 15) is 24.9 Å². The second kappa shape index (κ2) is 8.81. The Morgan fingerprint density at radius 3 is 1.93 bits per heavy atom. The van der Waals surface area contributed by atoms with Crippen LogP contribution in [0.4, 0.5) is 0 Å². The smallest absolute Gasteiger partial charge is 0.254 e. The molecule has 0 unspecified atom stereocenters. The average molecular weight is 416 g/mol. The highest BCUT2D eigenvalue weighted by Gasteiger charge is 2.26. The van der Waals surface area contributed by atoms with E-state index in [1.165, 1.54) is 14.2 Å². The Bertz CT molecular complexity index is 907. The molecule has 0 saturated carbocycles. The van der Waals surface area contributed by atoms with Crippen molar-refractivity contribution in [1.29, 1.82) is 0 Å². The van der Waals surface area contributed by atoms with Crippen molar-refractivity contribution < 1.29 is 34.4 Å². The molecule has 0 spiro atoms. The van der Waals surface area contributed by atoms with Crippen molar-refractivity contribution in [2.75, 3.05) is 27.3 Å². The molecule has 0 aromatic heterocycles. The summed E-state index contributed by atoms with van der Waals surface area (Å²) in [7, 11) is 3.02. The monoisotopic (exact) mass is 416 g/mol. The maximum atomic E-state index is 12.6. The van der Waals surface area contributed by atoms with Crippen molar-refractivity contribution in [2.45, 2.75) is 18.9 Å². The number of amides is 2. The molecule has 1 fully saturated rings. The molecule has 9 heteroatoms. The van der Waals surface area contributed by atoms with Crippen molar-refractivity contribution in [3.05, 3.63) is 41.5 Å². The Labute approximate surface area is 173 Å². The number of carbonyl (C=O) groups excluding carboxylic acids is 2. The van der Waals surface area contributed by atoms with Crippen LogP contribution < -0.4 is 14.8 Å². The Morgan fingerprint density at radius 2 is 1.43 bits per heavy atom. The van der Waals surface area contributed by atoms with Gasteiger partial charge in [-0.05, 0) is 37.1 Å². The predicted molar refractivity (Wildman–Crippen MR) is 107 cm³/mol. The summed E-state index contributed by atoms with van der Waals surface area (Å²) in [6.45, 7) is 0.793. The minimum atomic E-state index is -0.665. The molecule has 1 heterocycles. The van der Waals surface area contributed by atoms with Crippen LogP contribution in [-0.2, 0) is 0 Å². The van der Waals surface area contributed by atoms with Crippen molar-refractivity contribution in [3.8, 4) is 28.7 Å². The molecule has 2 aromatic carbocycles. The number of likely N-dealkylation sites (tertiary alicyclic amines) is 1. The Kier molecular flexibility index (Phi) is 6.20. The van der Waals surface area contributed by atoms with Crippen LogP contribution >= 0.6 is 0 Å². The van der Waals surface area contributed by atoms with Crippen LogP contribution in [0.1, 0.15) is 33.6 Å². The van der Waals surface area contributed by atoms with Crippen LogP contribution in [0.15, 0.2) is 30.3 Å². The largest absolute Gasteiger partial charge is 0.504 e. The third kappa shape index (κ3) is 4.51. The molecular formula is C21H24N2O7. The first-order valence-electron chi connectivity index (χ1n) is 9.40. The number of piperidine rings is 1.